The zero-order chi connectivity index (χ0) is 23.8. The van der Waals surface area contributed by atoms with Crippen LogP contribution in [0.4, 0.5) is 0 Å². The van der Waals surface area contributed by atoms with Crippen LogP contribution in [-0.4, -0.2) is 18.3 Å². The molecule has 0 aliphatic carbocycles. The lowest BCUT2D eigenvalue weighted by Gasteiger charge is -2.32. The van der Waals surface area contributed by atoms with Gasteiger partial charge in [0.05, 0.1) is 11.2 Å². The maximum absolute atomic E-state index is 6.20. The minimum atomic E-state index is -0.590. The number of hydrogen-bond donors (Lipinski definition) is 0. The van der Waals surface area contributed by atoms with Crippen molar-refractivity contribution < 1.29 is 9.31 Å². The first-order valence-corrected chi connectivity index (χ1v) is 13.1. The molecule has 1 aliphatic heterocycles. The molecule has 1 saturated heterocycles. The van der Waals surface area contributed by atoms with Crippen LogP contribution in [0.15, 0.2) is 109 Å². The summed E-state index contributed by atoms with van der Waals surface area (Å²) in [6.07, 6.45) is 0. The fraction of sp³-hybridized carbons (Fsp3) is 0.200. The Morgan fingerprint density at radius 1 is 0.500 bits per heavy atom. The number of benzene rings is 4. The van der Waals surface area contributed by atoms with Crippen molar-refractivity contribution in [1.29, 1.82) is 0 Å². The molecule has 170 valence electrons. The Morgan fingerprint density at radius 2 is 0.882 bits per heavy atom. The van der Waals surface area contributed by atoms with Gasteiger partial charge in [0.1, 0.15) is 0 Å². The van der Waals surface area contributed by atoms with Crippen LogP contribution in [0.3, 0.4) is 0 Å². The van der Waals surface area contributed by atoms with Crippen LogP contribution in [0, 0.1) is 0 Å². The Morgan fingerprint density at radius 3 is 1.32 bits per heavy atom. The van der Waals surface area contributed by atoms with E-state index >= 15 is 0 Å². The van der Waals surface area contributed by atoms with Crippen molar-refractivity contribution in [3.05, 3.63) is 109 Å². The Balaban J connectivity index is 1.40. The Bertz CT molecular complexity index is 1180. The zero-order valence-electron chi connectivity index (χ0n) is 20.2. The van der Waals surface area contributed by atoms with Gasteiger partial charge in [0.25, 0.3) is 0 Å². The maximum Gasteiger partial charge on any atom is 0.494 e. The molecule has 0 aromatic heterocycles. The second-order valence-electron chi connectivity index (χ2n) is 9.76. The van der Waals surface area contributed by atoms with Gasteiger partial charge in [-0.25, -0.2) is 0 Å². The summed E-state index contributed by atoms with van der Waals surface area (Å²) < 4.78 is 12.4. The van der Waals surface area contributed by atoms with Crippen molar-refractivity contribution in [2.45, 2.75) is 38.9 Å². The van der Waals surface area contributed by atoms with Gasteiger partial charge in [-0.1, -0.05) is 109 Å². The molecule has 0 N–H and O–H groups in total. The van der Waals surface area contributed by atoms with Gasteiger partial charge in [-0.15, -0.1) is 0 Å². The number of rotatable bonds is 5. The van der Waals surface area contributed by atoms with E-state index in [4.69, 9.17) is 9.31 Å². The van der Waals surface area contributed by atoms with Crippen LogP contribution in [-0.2, 0) is 9.31 Å². The lowest BCUT2D eigenvalue weighted by molar-refractivity contribution is 0.00578. The Hall–Kier alpha value is -2.71. The van der Waals surface area contributed by atoms with Crippen LogP contribution in [0.2, 0.25) is 0 Å². The van der Waals surface area contributed by atoms with E-state index in [1.54, 1.807) is 0 Å². The molecule has 0 saturated carbocycles. The normalized spacial score (nSPS) is 16.7. The highest BCUT2D eigenvalue weighted by Crippen LogP contribution is 2.37. The average molecular weight is 464 g/mol. The molecule has 2 nitrogen and oxygen atoms in total. The van der Waals surface area contributed by atoms with E-state index < -0.39 is 7.92 Å². The van der Waals surface area contributed by atoms with Crippen LogP contribution >= 0.6 is 7.92 Å². The third-order valence-electron chi connectivity index (χ3n) is 6.92. The van der Waals surface area contributed by atoms with Gasteiger partial charge in [0.2, 0.25) is 0 Å². The molecule has 1 aliphatic rings. The van der Waals surface area contributed by atoms with Gasteiger partial charge in [-0.05, 0) is 68.1 Å². The Kier molecular flexibility index (Phi) is 6.21. The molecular formula is C30H30BO2P. The molecule has 1 fully saturated rings. The fourth-order valence-electron chi connectivity index (χ4n) is 4.22. The second-order valence-corrected chi connectivity index (χ2v) is 12.0. The predicted molar refractivity (Wildman–Crippen MR) is 146 cm³/mol. The summed E-state index contributed by atoms with van der Waals surface area (Å²) in [7, 11) is -0.922. The minimum Gasteiger partial charge on any atom is -0.399 e. The van der Waals surface area contributed by atoms with Crippen molar-refractivity contribution in [2.24, 2.45) is 0 Å². The van der Waals surface area contributed by atoms with E-state index in [1.165, 1.54) is 27.0 Å². The summed E-state index contributed by atoms with van der Waals surface area (Å²) in [6, 6.07) is 39.2. The van der Waals surface area contributed by atoms with E-state index in [-0.39, 0.29) is 18.3 Å². The van der Waals surface area contributed by atoms with Gasteiger partial charge in [-0.3, -0.25) is 0 Å². The highest BCUT2D eigenvalue weighted by molar-refractivity contribution is 7.79. The summed E-state index contributed by atoms with van der Waals surface area (Å²) in [5.41, 5.74) is 2.79. The Labute approximate surface area is 204 Å². The smallest absolute Gasteiger partial charge is 0.399 e. The molecule has 0 spiro atoms. The minimum absolute atomic E-state index is 0.331. The average Bonchev–Trinajstić information content (AvgIpc) is 3.08. The standard InChI is InChI=1S/C30H30BO2P/c1-29(2)30(3,4)33-31(32-29)25-19-15-23(16-20-25)24-17-21-28(22-18-24)34(26-11-7-5-8-12-26)27-13-9-6-10-14-27/h5-22H,1-4H3. The summed E-state index contributed by atoms with van der Waals surface area (Å²) in [4.78, 5) is 0. The first kappa shape index (κ1) is 23.1. The van der Waals surface area contributed by atoms with Crippen molar-refractivity contribution >= 4 is 36.4 Å². The van der Waals surface area contributed by atoms with Crippen LogP contribution < -0.4 is 21.4 Å². The van der Waals surface area contributed by atoms with E-state index in [0.717, 1.165) is 5.46 Å². The predicted octanol–water partition coefficient (Wildman–Crippen LogP) is 5.41. The van der Waals surface area contributed by atoms with E-state index in [1.807, 2.05) is 0 Å². The van der Waals surface area contributed by atoms with Gasteiger partial charge < -0.3 is 9.31 Å². The molecular weight excluding hydrogens is 434 g/mol. The largest absolute Gasteiger partial charge is 0.494 e. The first-order chi connectivity index (χ1) is 16.3. The molecule has 1 heterocycles. The molecule has 0 atom stereocenters. The molecule has 0 amide bonds. The zero-order valence-corrected chi connectivity index (χ0v) is 21.1. The van der Waals surface area contributed by atoms with Gasteiger partial charge in [0, 0.05) is 0 Å². The van der Waals surface area contributed by atoms with E-state index in [2.05, 4.69) is 137 Å². The lowest BCUT2D eigenvalue weighted by atomic mass is 9.78. The topological polar surface area (TPSA) is 18.5 Å². The molecule has 4 heteroatoms. The van der Waals surface area contributed by atoms with Crippen LogP contribution in [0.5, 0.6) is 0 Å². The van der Waals surface area contributed by atoms with Crippen LogP contribution in [0.25, 0.3) is 11.1 Å². The lowest BCUT2D eigenvalue weighted by Crippen LogP contribution is -2.41. The highest BCUT2D eigenvalue weighted by atomic mass is 31.1. The van der Waals surface area contributed by atoms with Gasteiger partial charge in [0.15, 0.2) is 0 Å². The monoisotopic (exact) mass is 464 g/mol. The van der Waals surface area contributed by atoms with Crippen molar-refractivity contribution in [1.82, 2.24) is 0 Å². The van der Waals surface area contributed by atoms with E-state index in [9.17, 15) is 0 Å². The quantitative estimate of drug-likeness (QED) is 0.291. The van der Waals surface area contributed by atoms with Crippen LogP contribution in [0.1, 0.15) is 27.7 Å². The summed E-state index contributed by atoms with van der Waals surface area (Å²) in [5, 5.41) is 4.08. The number of hydrogen-bond acceptors (Lipinski definition) is 2. The summed E-state index contributed by atoms with van der Waals surface area (Å²) in [6.45, 7) is 8.34. The second kappa shape index (κ2) is 9.15. The summed E-state index contributed by atoms with van der Waals surface area (Å²) in [5.74, 6) is 0. The molecule has 4 aromatic rings. The first-order valence-electron chi connectivity index (χ1n) is 11.8. The third-order valence-corrected chi connectivity index (χ3v) is 9.37. The summed E-state index contributed by atoms with van der Waals surface area (Å²) >= 11 is 0. The molecule has 34 heavy (non-hydrogen) atoms. The SMILES string of the molecule is CC1(C)OB(c2ccc(-c3ccc(P(c4ccccc4)c4ccccc4)cc3)cc2)OC1(C)C. The van der Waals surface area contributed by atoms with Gasteiger partial charge >= 0.3 is 7.12 Å². The van der Waals surface area contributed by atoms with Crippen molar-refractivity contribution in [3.63, 3.8) is 0 Å². The molecule has 0 bridgehead atoms. The third kappa shape index (κ3) is 4.49. The van der Waals surface area contributed by atoms with Gasteiger partial charge in [-0.2, -0.15) is 0 Å². The molecule has 0 unspecified atom stereocenters. The fourth-order valence-corrected chi connectivity index (χ4v) is 6.50. The maximum atomic E-state index is 6.20. The molecule has 4 aromatic carbocycles. The highest BCUT2D eigenvalue weighted by Gasteiger charge is 2.51. The van der Waals surface area contributed by atoms with Crippen molar-refractivity contribution in [2.75, 3.05) is 0 Å². The van der Waals surface area contributed by atoms with E-state index in [0.29, 0.717) is 0 Å². The van der Waals surface area contributed by atoms with Crippen molar-refractivity contribution in [3.8, 4) is 11.1 Å². The molecule has 5 rings (SSSR count). The molecule has 0 radical (unpaired) electrons.